The second-order valence-electron chi connectivity index (χ2n) is 5.42. The molecular formula is C13H24N2O3. The van der Waals surface area contributed by atoms with Gasteiger partial charge in [-0.25, -0.2) is 0 Å². The Balaban J connectivity index is 2.08. The second kappa shape index (κ2) is 5.55. The average Bonchev–Trinajstić information content (AvgIpc) is 2.37. The van der Waals surface area contributed by atoms with Crippen LogP contribution in [-0.2, 0) is 14.3 Å². The third kappa shape index (κ3) is 2.68. The lowest BCUT2D eigenvalue weighted by Crippen LogP contribution is -2.59. The molecule has 0 unspecified atom stereocenters. The van der Waals surface area contributed by atoms with Crippen molar-refractivity contribution < 1.29 is 14.3 Å². The van der Waals surface area contributed by atoms with Gasteiger partial charge in [0.1, 0.15) is 5.60 Å². The van der Waals surface area contributed by atoms with Gasteiger partial charge in [-0.3, -0.25) is 4.79 Å². The number of carbonyl (C=O) groups is 1. The molecule has 0 aromatic heterocycles. The zero-order valence-corrected chi connectivity index (χ0v) is 11.6. The van der Waals surface area contributed by atoms with Gasteiger partial charge in [-0.1, -0.05) is 0 Å². The van der Waals surface area contributed by atoms with E-state index in [0.717, 1.165) is 25.9 Å². The predicted octanol–water partition coefficient (Wildman–Crippen LogP) is 0.391. The van der Waals surface area contributed by atoms with Gasteiger partial charge in [0.15, 0.2) is 0 Å². The molecule has 2 atom stereocenters. The van der Waals surface area contributed by atoms with Gasteiger partial charge in [-0.05, 0) is 39.8 Å². The first kappa shape index (κ1) is 13.8. The largest absolute Gasteiger partial charge is 0.372 e. The number of methoxy groups -OCH3 is 1. The van der Waals surface area contributed by atoms with Crippen molar-refractivity contribution in [3.8, 4) is 0 Å². The summed E-state index contributed by atoms with van der Waals surface area (Å²) in [6.45, 7) is 7.04. The Labute approximate surface area is 109 Å². The van der Waals surface area contributed by atoms with Crippen molar-refractivity contribution >= 4 is 5.91 Å². The molecule has 5 heteroatoms. The molecule has 104 valence electrons. The standard InChI is InChI=1S/C13H24N2O3/c1-10-8-15(9-11(2)18-10)12(16)13(17-3)4-6-14-7-5-13/h10-11,14H,4-9H2,1-3H3/t10-,11-/m1/s1. The lowest BCUT2D eigenvalue weighted by Gasteiger charge is -2.42. The van der Waals surface area contributed by atoms with Crippen molar-refractivity contribution in [2.75, 3.05) is 33.3 Å². The zero-order chi connectivity index (χ0) is 13.2. The Kier molecular flexibility index (Phi) is 4.25. The Bertz CT molecular complexity index is 293. The van der Waals surface area contributed by atoms with E-state index >= 15 is 0 Å². The summed E-state index contributed by atoms with van der Waals surface area (Å²) in [5, 5.41) is 3.27. The van der Waals surface area contributed by atoms with E-state index in [9.17, 15) is 4.79 Å². The lowest BCUT2D eigenvalue weighted by molar-refractivity contribution is -0.168. The van der Waals surface area contributed by atoms with Crippen LogP contribution >= 0.6 is 0 Å². The molecule has 0 spiro atoms. The van der Waals surface area contributed by atoms with Crippen LogP contribution in [-0.4, -0.2) is 61.9 Å². The minimum Gasteiger partial charge on any atom is -0.372 e. The van der Waals surface area contributed by atoms with Gasteiger partial charge in [0.05, 0.1) is 12.2 Å². The Hall–Kier alpha value is -0.650. The number of rotatable bonds is 2. The molecule has 2 fully saturated rings. The normalized spacial score (nSPS) is 32.3. The molecule has 0 saturated carbocycles. The number of hydrogen-bond acceptors (Lipinski definition) is 4. The minimum absolute atomic E-state index is 0.105. The molecule has 0 aromatic rings. The Morgan fingerprint density at radius 3 is 2.33 bits per heavy atom. The molecule has 1 N–H and O–H groups in total. The molecule has 5 nitrogen and oxygen atoms in total. The van der Waals surface area contributed by atoms with E-state index in [-0.39, 0.29) is 18.1 Å². The summed E-state index contributed by atoms with van der Waals surface area (Å²) in [5.74, 6) is 0.133. The second-order valence-corrected chi connectivity index (χ2v) is 5.42. The highest BCUT2D eigenvalue weighted by molar-refractivity contribution is 5.85. The molecule has 18 heavy (non-hydrogen) atoms. The number of ether oxygens (including phenoxy) is 2. The van der Waals surface area contributed by atoms with Crippen LogP contribution in [0.3, 0.4) is 0 Å². The maximum atomic E-state index is 12.7. The number of morpholine rings is 1. The molecule has 2 aliphatic rings. The van der Waals surface area contributed by atoms with Crippen molar-refractivity contribution in [2.45, 2.75) is 44.5 Å². The average molecular weight is 256 g/mol. The smallest absolute Gasteiger partial charge is 0.255 e. The van der Waals surface area contributed by atoms with Crippen LogP contribution in [0.2, 0.25) is 0 Å². The first-order valence-electron chi connectivity index (χ1n) is 6.78. The SMILES string of the molecule is COC1(C(=O)N2C[C@@H](C)O[C@H](C)C2)CCNCC1. The van der Waals surface area contributed by atoms with Gasteiger partial charge in [-0.2, -0.15) is 0 Å². The minimum atomic E-state index is -0.623. The third-order valence-corrected chi connectivity index (χ3v) is 3.90. The first-order valence-corrected chi connectivity index (χ1v) is 6.78. The molecule has 0 radical (unpaired) electrons. The van der Waals surface area contributed by atoms with Crippen LogP contribution in [0.4, 0.5) is 0 Å². The molecule has 2 aliphatic heterocycles. The quantitative estimate of drug-likeness (QED) is 0.776. The monoisotopic (exact) mass is 256 g/mol. The fourth-order valence-corrected chi connectivity index (χ4v) is 2.97. The van der Waals surface area contributed by atoms with Gasteiger partial charge in [-0.15, -0.1) is 0 Å². The number of hydrogen-bond donors (Lipinski definition) is 1. The molecule has 0 aliphatic carbocycles. The third-order valence-electron chi connectivity index (χ3n) is 3.90. The number of nitrogens with one attached hydrogen (secondary N) is 1. The number of amides is 1. The van der Waals surface area contributed by atoms with E-state index in [4.69, 9.17) is 9.47 Å². The highest BCUT2D eigenvalue weighted by Gasteiger charge is 2.43. The van der Waals surface area contributed by atoms with Gasteiger partial charge in [0.25, 0.3) is 5.91 Å². The van der Waals surface area contributed by atoms with Crippen molar-refractivity contribution in [3.05, 3.63) is 0 Å². The van der Waals surface area contributed by atoms with Crippen LogP contribution < -0.4 is 5.32 Å². The van der Waals surface area contributed by atoms with E-state index in [1.54, 1.807) is 7.11 Å². The van der Waals surface area contributed by atoms with E-state index < -0.39 is 5.60 Å². The fourth-order valence-electron chi connectivity index (χ4n) is 2.97. The molecular weight excluding hydrogens is 232 g/mol. The summed E-state index contributed by atoms with van der Waals surface area (Å²) in [7, 11) is 1.65. The van der Waals surface area contributed by atoms with Crippen molar-refractivity contribution in [1.82, 2.24) is 10.2 Å². The molecule has 2 rings (SSSR count). The summed E-state index contributed by atoms with van der Waals surface area (Å²) < 4.78 is 11.3. The highest BCUT2D eigenvalue weighted by Crippen LogP contribution is 2.26. The van der Waals surface area contributed by atoms with E-state index in [1.807, 2.05) is 18.7 Å². The summed E-state index contributed by atoms with van der Waals surface area (Å²) in [5.41, 5.74) is -0.623. The first-order chi connectivity index (χ1) is 8.57. The summed E-state index contributed by atoms with van der Waals surface area (Å²) in [4.78, 5) is 14.6. The van der Waals surface area contributed by atoms with E-state index in [1.165, 1.54) is 0 Å². The van der Waals surface area contributed by atoms with Crippen LogP contribution in [0, 0.1) is 0 Å². The van der Waals surface area contributed by atoms with E-state index in [0.29, 0.717) is 13.1 Å². The van der Waals surface area contributed by atoms with Gasteiger partial charge in [0.2, 0.25) is 0 Å². The summed E-state index contributed by atoms with van der Waals surface area (Å²) >= 11 is 0. The van der Waals surface area contributed by atoms with Crippen LogP contribution in [0.15, 0.2) is 0 Å². The Morgan fingerprint density at radius 1 is 1.28 bits per heavy atom. The van der Waals surface area contributed by atoms with Gasteiger partial charge < -0.3 is 19.7 Å². The molecule has 0 aromatic carbocycles. The number of piperidine rings is 1. The lowest BCUT2D eigenvalue weighted by atomic mass is 9.90. The van der Waals surface area contributed by atoms with Crippen LogP contribution in [0.25, 0.3) is 0 Å². The zero-order valence-electron chi connectivity index (χ0n) is 11.6. The molecule has 2 heterocycles. The molecule has 2 saturated heterocycles. The van der Waals surface area contributed by atoms with Crippen LogP contribution in [0.5, 0.6) is 0 Å². The topological polar surface area (TPSA) is 50.8 Å². The van der Waals surface area contributed by atoms with Crippen LogP contribution in [0.1, 0.15) is 26.7 Å². The highest BCUT2D eigenvalue weighted by atomic mass is 16.5. The van der Waals surface area contributed by atoms with Gasteiger partial charge >= 0.3 is 0 Å². The maximum absolute atomic E-state index is 12.7. The molecule has 0 bridgehead atoms. The number of nitrogens with zero attached hydrogens (tertiary/aromatic N) is 1. The summed E-state index contributed by atoms with van der Waals surface area (Å²) in [6, 6.07) is 0. The fraction of sp³-hybridized carbons (Fsp3) is 0.923. The number of carbonyl (C=O) groups excluding carboxylic acids is 1. The summed E-state index contributed by atoms with van der Waals surface area (Å²) in [6.07, 6.45) is 1.71. The molecule has 1 amide bonds. The van der Waals surface area contributed by atoms with Crippen molar-refractivity contribution in [1.29, 1.82) is 0 Å². The predicted molar refractivity (Wildman–Crippen MR) is 68.4 cm³/mol. The van der Waals surface area contributed by atoms with Gasteiger partial charge in [0, 0.05) is 20.2 Å². The Morgan fingerprint density at radius 2 is 1.83 bits per heavy atom. The maximum Gasteiger partial charge on any atom is 0.255 e. The van der Waals surface area contributed by atoms with Crippen molar-refractivity contribution in [3.63, 3.8) is 0 Å². The van der Waals surface area contributed by atoms with E-state index in [2.05, 4.69) is 5.32 Å². The van der Waals surface area contributed by atoms with Crippen molar-refractivity contribution in [2.24, 2.45) is 0 Å².